The highest BCUT2D eigenvalue weighted by Crippen LogP contribution is 2.35. The first-order valence-electron chi connectivity index (χ1n) is 8.40. The molecule has 2 aromatic carbocycles. The number of amides is 1. The molecule has 0 fully saturated rings. The number of anilines is 1. The van der Waals surface area contributed by atoms with Gasteiger partial charge in [0, 0.05) is 16.0 Å². The first-order valence-corrected chi connectivity index (χ1v) is 10.9. The Balaban J connectivity index is 1.92. The van der Waals surface area contributed by atoms with Gasteiger partial charge in [0.25, 0.3) is 5.91 Å². The van der Waals surface area contributed by atoms with Gasteiger partial charge in [0.1, 0.15) is 5.82 Å². The van der Waals surface area contributed by atoms with Crippen LogP contribution in [0.15, 0.2) is 47.8 Å². The number of nitrogens with two attached hydrogens (primary N) is 1. The van der Waals surface area contributed by atoms with Gasteiger partial charge in [-0.05, 0) is 72.8 Å². The normalized spacial score (nSPS) is 14.0. The molecule has 28 heavy (non-hydrogen) atoms. The van der Waals surface area contributed by atoms with E-state index in [1.165, 1.54) is 42.6 Å². The van der Waals surface area contributed by atoms with Crippen molar-refractivity contribution in [1.82, 2.24) is 4.72 Å². The molecule has 4 N–H and O–H groups in total. The molecule has 1 unspecified atom stereocenters. The molecule has 3 rings (SSSR count). The number of sulfonamides is 1. The maximum atomic E-state index is 13.0. The molecule has 0 aliphatic rings. The van der Waals surface area contributed by atoms with E-state index >= 15 is 0 Å². The monoisotopic (exact) mass is 421 g/mol. The number of halogens is 1. The van der Waals surface area contributed by atoms with Gasteiger partial charge in [-0.3, -0.25) is 4.79 Å². The van der Waals surface area contributed by atoms with Gasteiger partial charge in [-0.2, -0.15) is 0 Å². The lowest BCUT2D eigenvalue weighted by Gasteiger charge is -2.24. The van der Waals surface area contributed by atoms with E-state index in [9.17, 15) is 17.6 Å². The minimum Gasteiger partial charge on any atom is -0.322 e. The van der Waals surface area contributed by atoms with Gasteiger partial charge in [-0.15, -0.1) is 11.3 Å². The van der Waals surface area contributed by atoms with Gasteiger partial charge in [-0.1, -0.05) is 0 Å². The Bertz CT molecular complexity index is 1120. The van der Waals surface area contributed by atoms with Crippen LogP contribution in [0, 0.1) is 5.82 Å². The number of rotatable bonds is 6. The van der Waals surface area contributed by atoms with E-state index < -0.39 is 21.4 Å². The average molecular weight is 422 g/mol. The molecule has 1 heterocycles. The number of benzene rings is 2. The molecular formula is C19H20FN3O3S2. The van der Waals surface area contributed by atoms with Crippen LogP contribution in [0.5, 0.6) is 0 Å². The maximum Gasteiger partial charge on any atom is 0.255 e. The van der Waals surface area contributed by atoms with E-state index in [0.717, 1.165) is 10.1 Å². The zero-order valence-corrected chi connectivity index (χ0v) is 17.0. The van der Waals surface area contributed by atoms with Crippen LogP contribution < -0.4 is 15.8 Å². The van der Waals surface area contributed by atoms with Gasteiger partial charge in [-0.25, -0.2) is 17.5 Å². The number of thiophene rings is 1. The number of fused-ring (bicyclic) bond motifs is 1. The second-order valence-electron chi connectivity index (χ2n) is 6.70. The molecule has 6 nitrogen and oxygen atoms in total. The molecule has 0 aliphatic heterocycles. The van der Waals surface area contributed by atoms with Crippen LogP contribution in [0.1, 0.15) is 22.8 Å². The molecule has 148 valence electrons. The summed E-state index contributed by atoms with van der Waals surface area (Å²) >= 11 is 1.45. The fraction of sp³-hybridized carbons (Fsp3) is 0.211. The largest absolute Gasteiger partial charge is 0.322 e. The highest BCUT2D eigenvalue weighted by atomic mass is 32.2. The maximum absolute atomic E-state index is 13.0. The van der Waals surface area contributed by atoms with E-state index in [0.29, 0.717) is 16.8 Å². The van der Waals surface area contributed by atoms with Crippen LogP contribution in [0.2, 0.25) is 0 Å². The summed E-state index contributed by atoms with van der Waals surface area (Å²) in [6, 6.07) is 10.6. The van der Waals surface area contributed by atoms with Crippen LogP contribution in [-0.4, -0.2) is 27.1 Å². The third-order valence-corrected chi connectivity index (χ3v) is 6.92. The Labute approximate surface area is 166 Å². The predicted octanol–water partition coefficient (Wildman–Crippen LogP) is 3.02. The third kappa shape index (κ3) is 4.39. The summed E-state index contributed by atoms with van der Waals surface area (Å²) in [6.45, 7) is 1.66. The zero-order chi connectivity index (χ0) is 20.5. The van der Waals surface area contributed by atoms with E-state index in [2.05, 4.69) is 10.0 Å². The van der Waals surface area contributed by atoms with Crippen LogP contribution in [0.3, 0.4) is 0 Å². The summed E-state index contributed by atoms with van der Waals surface area (Å²) in [7, 11) is -2.16. The lowest BCUT2D eigenvalue weighted by molar-refractivity contribution is 0.102. The first kappa shape index (κ1) is 20.4. The van der Waals surface area contributed by atoms with E-state index in [1.54, 1.807) is 19.1 Å². The van der Waals surface area contributed by atoms with Crippen molar-refractivity contribution in [2.75, 3.05) is 18.1 Å². The van der Waals surface area contributed by atoms with Crippen molar-refractivity contribution in [3.8, 4) is 0 Å². The average Bonchev–Trinajstić information content (AvgIpc) is 3.05. The second kappa shape index (κ2) is 7.59. The van der Waals surface area contributed by atoms with Crippen LogP contribution in [0.4, 0.5) is 10.1 Å². The summed E-state index contributed by atoms with van der Waals surface area (Å²) in [5.74, 6) is -1.06. The van der Waals surface area contributed by atoms with Crippen LogP contribution >= 0.6 is 11.3 Å². The number of carbonyl (C=O) groups is 1. The molecule has 1 aromatic heterocycles. The van der Waals surface area contributed by atoms with Crippen LogP contribution in [-0.2, 0) is 15.6 Å². The minimum absolute atomic E-state index is 0.269. The van der Waals surface area contributed by atoms with Crippen molar-refractivity contribution in [3.63, 3.8) is 0 Å². The summed E-state index contributed by atoms with van der Waals surface area (Å²) in [5, 5.41) is 5.38. The van der Waals surface area contributed by atoms with Gasteiger partial charge < -0.3 is 11.1 Å². The zero-order valence-electron chi connectivity index (χ0n) is 15.3. The lowest BCUT2D eigenvalue weighted by atomic mass is 9.95. The van der Waals surface area contributed by atoms with Crippen molar-refractivity contribution in [1.29, 1.82) is 0 Å². The third-order valence-electron chi connectivity index (χ3n) is 4.35. The Hall–Kier alpha value is -2.33. The van der Waals surface area contributed by atoms with Gasteiger partial charge in [0.2, 0.25) is 10.0 Å². The molecule has 1 atom stereocenters. The smallest absolute Gasteiger partial charge is 0.255 e. The first-order chi connectivity index (χ1) is 13.1. The number of hydrogen-bond acceptors (Lipinski definition) is 5. The minimum atomic E-state index is -3.51. The SMILES string of the molecule is CNS(=O)(=O)CC(C)(N)c1csc2ccc(NC(=O)c3ccc(F)cc3)cc12. The summed E-state index contributed by atoms with van der Waals surface area (Å²) in [5.41, 5.74) is 6.77. The summed E-state index contributed by atoms with van der Waals surface area (Å²) in [4.78, 5) is 12.4. The lowest BCUT2D eigenvalue weighted by Crippen LogP contribution is -2.43. The van der Waals surface area contributed by atoms with Gasteiger partial charge in [0.15, 0.2) is 0 Å². The molecule has 0 spiro atoms. The number of carbonyl (C=O) groups excluding carboxylic acids is 1. The van der Waals surface area contributed by atoms with Gasteiger partial charge >= 0.3 is 0 Å². The van der Waals surface area contributed by atoms with Crippen LogP contribution in [0.25, 0.3) is 10.1 Å². The fourth-order valence-corrected chi connectivity index (χ4v) is 5.07. The Kier molecular flexibility index (Phi) is 5.53. The molecule has 0 aliphatic carbocycles. The Morgan fingerprint density at radius 3 is 2.54 bits per heavy atom. The molecule has 0 saturated carbocycles. The number of nitrogens with one attached hydrogen (secondary N) is 2. The molecule has 0 saturated heterocycles. The van der Waals surface area contributed by atoms with Crippen molar-refractivity contribution in [2.45, 2.75) is 12.5 Å². The molecule has 1 amide bonds. The van der Waals surface area contributed by atoms with Gasteiger partial charge in [0.05, 0.1) is 11.3 Å². The Morgan fingerprint density at radius 1 is 1.21 bits per heavy atom. The molecular weight excluding hydrogens is 401 g/mol. The molecule has 0 radical (unpaired) electrons. The van der Waals surface area contributed by atoms with Crippen molar-refractivity contribution >= 4 is 43.0 Å². The fourth-order valence-electron chi connectivity index (χ4n) is 2.90. The molecule has 0 bridgehead atoms. The standard InChI is InChI=1S/C19H20FN3O3S2/c1-19(21,11-28(25,26)22-2)16-10-27-17-8-7-14(9-15(16)17)23-18(24)12-3-5-13(20)6-4-12/h3-10,22H,11,21H2,1-2H3,(H,23,24). The second-order valence-corrected chi connectivity index (χ2v) is 9.54. The summed E-state index contributed by atoms with van der Waals surface area (Å²) in [6.07, 6.45) is 0. The molecule has 9 heteroatoms. The van der Waals surface area contributed by atoms with Crippen molar-refractivity contribution in [2.24, 2.45) is 5.73 Å². The summed E-state index contributed by atoms with van der Waals surface area (Å²) < 4.78 is 40.2. The topological polar surface area (TPSA) is 101 Å². The number of hydrogen-bond donors (Lipinski definition) is 3. The quantitative estimate of drug-likeness (QED) is 0.569. The van der Waals surface area contributed by atoms with Crippen molar-refractivity contribution in [3.05, 3.63) is 64.8 Å². The van der Waals surface area contributed by atoms with E-state index in [1.807, 2.05) is 11.4 Å². The highest BCUT2D eigenvalue weighted by molar-refractivity contribution is 7.89. The van der Waals surface area contributed by atoms with Crippen molar-refractivity contribution < 1.29 is 17.6 Å². The van der Waals surface area contributed by atoms with E-state index in [-0.39, 0.29) is 11.7 Å². The Morgan fingerprint density at radius 2 is 1.89 bits per heavy atom. The van der Waals surface area contributed by atoms with E-state index in [4.69, 9.17) is 5.73 Å². The molecule has 3 aromatic rings. The predicted molar refractivity (Wildman–Crippen MR) is 111 cm³/mol. The highest BCUT2D eigenvalue weighted by Gasteiger charge is 2.30.